The Balaban J connectivity index is 1.92. The van der Waals surface area contributed by atoms with Gasteiger partial charge in [-0.3, -0.25) is 0 Å². The van der Waals surface area contributed by atoms with Crippen LogP contribution in [-0.2, 0) is 9.53 Å². The van der Waals surface area contributed by atoms with Crippen LogP contribution < -0.4 is 0 Å². The molecule has 2 aliphatic carbocycles. The van der Waals surface area contributed by atoms with Crippen molar-refractivity contribution in [3.63, 3.8) is 0 Å². The van der Waals surface area contributed by atoms with Gasteiger partial charge in [0.05, 0.1) is 6.61 Å². The predicted molar refractivity (Wildman–Crippen MR) is 63.8 cm³/mol. The summed E-state index contributed by atoms with van der Waals surface area (Å²) in [6.07, 6.45) is 7.08. The smallest absolute Gasteiger partial charge is 0.333 e. The monoisotopic (exact) mass is 220 g/mol. The molecule has 0 aromatic heterocycles. The Bertz CT molecular complexity index is 330. The molecule has 0 heterocycles. The van der Waals surface area contributed by atoms with E-state index in [9.17, 15) is 4.79 Å². The molecule has 0 amide bonds. The van der Waals surface area contributed by atoms with Gasteiger partial charge in [-0.1, -0.05) is 32.1 Å². The van der Waals surface area contributed by atoms with E-state index in [2.05, 4.69) is 25.7 Å². The summed E-state index contributed by atoms with van der Waals surface area (Å²) in [4.78, 5) is 11.4. The quantitative estimate of drug-likeness (QED) is 0.413. The van der Waals surface area contributed by atoms with E-state index >= 15 is 0 Å². The van der Waals surface area contributed by atoms with E-state index in [4.69, 9.17) is 4.74 Å². The molecule has 16 heavy (non-hydrogen) atoms. The Hall–Kier alpha value is -1.05. The molecule has 0 aromatic rings. The van der Waals surface area contributed by atoms with Crippen molar-refractivity contribution in [3.8, 4) is 0 Å². The molecular formula is C14H20O2. The fourth-order valence-corrected chi connectivity index (χ4v) is 3.17. The number of allylic oxidation sites excluding steroid dienone is 2. The Morgan fingerprint density at radius 2 is 2.00 bits per heavy atom. The van der Waals surface area contributed by atoms with Crippen LogP contribution in [0.3, 0.4) is 0 Å². The molecule has 1 fully saturated rings. The molecule has 0 radical (unpaired) electrons. The van der Waals surface area contributed by atoms with Gasteiger partial charge in [0.25, 0.3) is 0 Å². The minimum Gasteiger partial charge on any atom is -0.462 e. The van der Waals surface area contributed by atoms with E-state index in [1.807, 2.05) is 0 Å². The van der Waals surface area contributed by atoms with Crippen molar-refractivity contribution in [2.45, 2.75) is 26.7 Å². The molecule has 4 unspecified atom stereocenters. The van der Waals surface area contributed by atoms with Crippen molar-refractivity contribution >= 4 is 5.97 Å². The van der Waals surface area contributed by atoms with Crippen molar-refractivity contribution in [2.24, 2.45) is 23.7 Å². The Labute approximate surface area is 97.4 Å². The number of fused-ring (bicyclic) bond motifs is 2. The van der Waals surface area contributed by atoms with Crippen LogP contribution >= 0.6 is 0 Å². The molecule has 2 heteroatoms. The van der Waals surface area contributed by atoms with Gasteiger partial charge >= 0.3 is 5.97 Å². The van der Waals surface area contributed by atoms with Crippen LogP contribution in [0.15, 0.2) is 24.3 Å². The van der Waals surface area contributed by atoms with Crippen LogP contribution in [0.2, 0.25) is 0 Å². The average Bonchev–Trinajstić information content (AvgIpc) is 2.84. The molecule has 0 saturated heterocycles. The molecule has 0 N–H and O–H groups in total. The topological polar surface area (TPSA) is 26.3 Å². The molecule has 88 valence electrons. The second kappa shape index (κ2) is 4.44. The van der Waals surface area contributed by atoms with Crippen molar-refractivity contribution in [1.29, 1.82) is 0 Å². The highest BCUT2D eigenvalue weighted by Crippen LogP contribution is 2.49. The Morgan fingerprint density at radius 3 is 2.56 bits per heavy atom. The fraction of sp³-hybridized carbons (Fsp3) is 0.643. The van der Waals surface area contributed by atoms with Crippen molar-refractivity contribution in [3.05, 3.63) is 24.3 Å². The maximum Gasteiger partial charge on any atom is 0.333 e. The molecule has 4 atom stereocenters. The number of rotatable bonds is 4. The maximum atomic E-state index is 11.4. The van der Waals surface area contributed by atoms with Gasteiger partial charge in [-0.25, -0.2) is 4.79 Å². The number of esters is 1. The van der Waals surface area contributed by atoms with Gasteiger partial charge in [-0.05, 0) is 31.1 Å². The summed E-state index contributed by atoms with van der Waals surface area (Å²) in [5.41, 5.74) is 0.492. The van der Waals surface area contributed by atoms with Crippen LogP contribution in [0.5, 0.6) is 0 Å². The van der Waals surface area contributed by atoms with E-state index in [0.29, 0.717) is 29.9 Å². The highest BCUT2D eigenvalue weighted by atomic mass is 16.5. The first-order chi connectivity index (χ1) is 7.63. The summed E-state index contributed by atoms with van der Waals surface area (Å²) in [5, 5.41) is 0. The van der Waals surface area contributed by atoms with Gasteiger partial charge in [-0.15, -0.1) is 0 Å². The van der Waals surface area contributed by atoms with Gasteiger partial charge in [0.15, 0.2) is 0 Å². The summed E-state index contributed by atoms with van der Waals surface area (Å²) in [6.45, 7) is 8.09. The zero-order valence-electron chi connectivity index (χ0n) is 10.1. The SMILES string of the molecule is C=C(C)C(=O)OCC1C2C=CC(C2)C1CC. The van der Waals surface area contributed by atoms with Gasteiger partial charge in [0.1, 0.15) is 0 Å². The first-order valence-electron chi connectivity index (χ1n) is 6.14. The van der Waals surface area contributed by atoms with E-state index in [1.54, 1.807) is 6.92 Å². The summed E-state index contributed by atoms with van der Waals surface area (Å²) in [6, 6.07) is 0. The summed E-state index contributed by atoms with van der Waals surface area (Å²) in [7, 11) is 0. The van der Waals surface area contributed by atoms with E-state index < -0.39 is 0 Å². The number of carbonyl (C=O) groups is 1. The van der Waals surface area contributed by atoms with Gasteiger partial charge < -0.3 is 4.74 Å². The van der Waals surface area contributed by atoms with Crippen LogP contribution in [-0.4, -0.2) is 12.6 Å². The minimum atomic E-state index is -0.249. The molecule has 2 rings (SSSR count). The van der Waals surface area contributed by atoms with Crippen molar-refractivity contribution in [2.75, 3.05) is 6.61 Å². The number of carbonyl (C=O) groups excluding carboxylic acids is 1. The molecule has 2 nitrogen and oxygen atoms in total. The third kappa shape index (κ3) is 1.93. The molecule has 1 saturated carbocycles. The third-order valence-electron chi connectivity index (χ3n) is 4.03. The number of hydrogen-bond acceptors (Lipinski definition) is 2. The highest BCUT2D eigenvalue weighted by molar-refractivity contribution is 5.86. The second-order valence-corrected chi connectivity index (χ2v) is 5.06. The summed E-state index contributed by atoms with van der Waals surface area (Å²) >= 11 is 0. The molecule has 0 spiro atoms. The minimum absolute atomic E-state index is 0.249. The number of ether oxygens (including phenoxy) is 1. The zero-order valence-corrected chi connectivity index (χ0v) is 10.1. The standard InChI is InChI=1S/C14H20O2/c1-4-12-10-5-6-11(7-10)13(12)8-16-14(15)9(2)3/h5-6,10-13H,2,4,7-8H2,1,3H3. The predicted octanol–water partition coefficient (Wildman–Crippen LogP) is 2.95. The second-order valence-electron chi connectivity index (χ2n) is 5.06. The zero-order chi connectivity index (χ0) is 11.7. The van der Waals surface area contributed by atoms with Crippen LogP contribution in [0, 0.1) is 23.7 Å². The Morgan fingerprint density at radius 1 is 1.38 bits per heavy atom. The summed E-state index contributed by atoms with van der Waals surface area (Å²) < 4.78 is 5.30. The largest absolute Gasteiger partial charge is 0.462 e. The normalized spacial score (nSPS) is 35.4. The van der Waals surface area contributed by atoms with E-state index in [1.165, 1.54) is 12.8 Å². The fourth-order valence-electron chi connectivity index (χ4n) is 3.17. The highest BCUT2D eigenvalue weighted by Gasteiger charge is 2.43. The van der Waals surface area contributed by atoms with Gasteiger partial charge in [0.2, 0.25) is 0 Å². The summed E-state index contributed by atoms with van der Waals surface area (Å²) in [5.74, 6) is 2.34. The molecular weight excluding hydrogens is 200 g/mol. The van der Waals surface area contributed by atoms with E-state index in [0.717, 1.165) is 5.92 Å². The first kappa shape index (κ1) is 11.4. The van der Waals surface area contributed by atoms with Crippen LogP contribution in [0.25, 0.3) is 0 Å². The third-order valence-corrected chi connectivity index (χ3v) is 4.03. The van der Waals surface area contributed by atoms with E-state index in [-0.39, 0.29) is 5.97 Å². The molecule has 0 aromatic carbocycles. The lowest BCUT2D eigenvalue weighted by Gasteiger charge is -2.26. The molecule has 0 aliphatic heterocycles. The Kier molecular flexibility index (Phi) is 3.17. The van der Waals surface area contributed by atoms with Gasteiger partial charge in [0, 0.05) is 11.5 Å². The number of hydrogen-bond donors (Lipinski definition) is 0. The van der Waals surface area contributed by atoms with Crippen molar-refractivity contribution < 1.29 is 9.53 Å². The lowest BCUT2D eigenvalue weighted by atomic mass is 9.82. The van der Waals surface area contributed by atoms with Crippen molar-refractivity contribution in [1.82, 2.24) is 0 Å². The first-order valence-corrected chi connectivity index (χ1v) is 6.14. The van der Waals surface area contributed by atoms with Gasteiger partial charge in [-0.2, -0.15) is 0 Å². The van der Waals surface area contributed by atoms with Crippen LogP contribution in [0.4, 0.5) is 0 Å². The lowest BCUT2D eigenvalue weighted by Crippen LogP contribution is -2.25. The molecule has 2 bridgehead atoms. The average molecular weight is 220 g/mol. The maximum absolute atomic E-state index is 11.4. The molecule has 2 aliphatic rings. The van der Waals surface area contributed by atoms with Crippen LogP contribution in [0.1, 0.15) is 26.7 Å². The lowest BCUT2D eigenvalue weighted by molar-refractivity contribution is -0.141.